The van der Waals surface area contributed by atoms with E-state index in [1.165, 1.54) is 6.07 Å². The molecule has 3 N–H and O–H groups in total. The first-order chi connectivity index (χ1) is 10.0. The maximum absolute atomic E-state index is 13.7. The van der Waals surface area contributed by atoms with Gasteiger partial charge in [0.1, 0.15) is 5.82 Å². The summed E-state index contributed by atoms with van der Waals surface area (Å²) in [5.41, 5.74) is 7.68. The monoisotopic (exact) mass is 351 g/mol. The number of rotatable bonds is 4. The molecule has 0 bridgehead atoms. The van der Waals surface area contributed by atoms with Crippen LogP contribution in [-0.4, -0.2) is 18.1 Å². The number of amidine groups is 1. The van der Waals surface area contributed by atoms with E-state index >= 15 is 0 Å². The van der Waals surface area contributed by atoms with Crippen molar-refractivity contribution in [2.24, 2.45) is 10.9 Å². The maximum Gasteiger partial charge on any atom is 0.171 e. The van der Waals surface area contributed by atoms with E-state index in [1.54, 1.807) is 18.2 Å². The Morgan fingerprint density at radius 3 is 2.67 bits per heavy atom. The van der Waals surface area contributed by atoms with Gasteiger partial charge in [0.25, 0.3) is 0 Å². The number of hydrogen-bond donors (Lipinski definition) is 2. The van der Waals surface area contributed by atoms with Crippen molar-refractivity contribution in [3.05, 3.63) is 63.9 Å². The zero-order valence-electron chi connectivity index (χ0n) is 11.4. The predicted octanol–water partition coefficient (Wildman–Crippen LogP) is 3.32. The molecule has 110 valence electrons. The second-order valence-corrected chi connectivity index (χ2v) is 5.45. The van der Waals surface area contributed by atoms with Crippen molar-refractivity contribution in [1.82, 2.24) is 0 Å². The zero-order chi connectivity index (χ0) is 15.4. The van der Waals surface area contributed by atoms with Gasteiger partial charge in [-0.3, -0.25) is 0 Å². The molecule has 0 fully saturated rings. The molecule has 0 radical (unpaired) electrons. The van der Waals surface area contributed by atoms with Crippen LogP contribution in [0, 0.1) is 5.82 Å². The second-order valence-electron chi connectivity index (χ2n) is 4.60. The third-order valence-electron chi connectivity index (χ3n) is 3.14. The molecule has 0 heterocycles. The summed E-state index contributed by atoms with van der Waals surface area (Å²) in [4.78, 5) is 1.92. The van der Waals surface area contributed by atoms with Gasteiger partial charge in [0.05, 0.1) is 0 Å². The average molecular weight is 352 g/mol. The first-order valence-corrected chi connectivity index (χ1v) is 7.04. The van der Waals surface area contributed by atoms with Gasteiger partial charge in [0, 0.05) is 34.9 Å². The van der Waals surface area contributed by atoms with Crippen LogP contribution < -0.4 is 10.6 Å². The SMILES string of the molecule is CN(Cc1ccccc1F)c1ccc(/C(N)=N/O)c(Br)c1. The van der Waals surface area contributed by atoms with Gasteiger partial charge < -0.3 is 15.8 Å². The summed E-state index contributed by atoms with van der Waals surface area (Å²) in [6.07, 6.45) is 0. The van der Waals surface area contributed by atoms with E-state index in [-0.39, 0.29) is 11.7 Å². The molecule has 2 rings (SSSR count). The van der Waals surface area contributed by atoms with Crippen LogP contribution in [0.15, 0.2) is 52.1 Å². The summed E-state index contributed by atoms with van der Waals surface area (Å²) in [5, 5.41) is 11.7. The van der Waals surface area contributed by atoms with Gasteiger partial charge in [-0.1, -0.05) is 23.4 Å². The van der Waals surface area contributed by atoms with Crippen molar-refractivity contribution in [1.29, 1.82) is 0 Å². The van der Waals surface area contributed by atoms with Gasteiger partial charge in [-0.25, -0.2) is 4.39 Å². The molecule has 0 atom stereocenters. The number of halogens is 2. The van der Waals surface area contributed by atoms with E-state index in [0.29, 0.717) is 22.1 Å². The van der Waals surface area contributed by atoms with Crippen molar-refractivity contribution in [3.63, 3.8) is 0 Å². The Morgan fingerprint density at radius 2 is 2.05 bits per heavy atom. The topological polar surface area (TPSA) is 61.8 Å². The Kier molecular flexibility index (Phi) is 4.80. The fourth-order valence-corrected chi connectivity index (χ4v) is 2.55. The summed E-state index contributed by atoms with van der Waals surface area (Å²) in [5.74, 6) is -0.193. The molecule has 0 aliphatic heterocycles. The van der Waals surface area contributed by atoms with Crippen LogP contribution in [0.25, 0.3) is 0 Å². The van der Waals surface area contributed by atoms with E-state index in [9.17, 15) is 4.39 Å². The highest BCUT2D eigenvalue weighted by Crippen LogP contribution is 2.25. The molecule has 21 heavy (non-hydrogen) atoms. The highest BCUT2D eigenvalue weighted by molar-refractivity contribution is 9.10. The minimum atomic E-state index is -0.225. The van der Waals surface area contributed by atoms with E-state index < -0.39 is 0 Å². The molecule has 0 saturated heterocycles. The molecule has 0 unspecified atom stereocenters. The van der Waals surface area contributed by atoms with E-state index in [4.69, 9.17) is 10.9 Å². The molecule has 0 amide bonds. The van der Waals surface area contributed by atoms with E-state index in [0.717, 1.165) is 5.69 Å². The van der Waals surface area contributed by atoms with Crippen LogP contribution in [0.1, 0.15) is 11.1 Å². The number of oxime groups is 1. The minimum absolute atomic E-state index is 0.0326. The van der Waals surface area contributed by atoms with Crippen molar-refractivity contribution in [3.8, 4) is 0 Å². The molecule has 2 aromatic rings. The van der Waals surface area contributed by atoms with Gasteiger partial charge in [-0.2, -0.15) is 0 Å². The fourth-order valence-electron chi connectivity index (χ4n) is 1.98. The molecule has 0 aliphatic carbocycles. The highest BCUT2D eigenvalue weighted by Gasteiger charge is 2.10. The first kappa shape index (κ1) is 15.3. The van der Waals surface area contributed by atoms with Crippen LogP contribution >= 0.6 is 15.9 Å². The third kappa shape index (κ3) is 3.52. The summed E-state index contributed by atoms with van der Waals surface area (Å²) in [7, 11) is 1.87. The second kappa shape index (κ2) is 6.58. The summed E-state index contributed by atoms with van der Waals surface area (Å²) < 4.78 is 14.4. The van der Waals surface area contributed by atoms with Crippen LogP contribution in [0.5, 0.6) is 0 Å². The smallest absolute Gasteiger partial charge is 0.171 e. The lowest BCUT2D eigenvalue weighted by Gasteiger charge is -2.20. The summed E-state index contributed by atoms with van der Waals surface area (Å²) >= 11 is 3.38. The van der Waals surface area contributed by atoms with Crippen LogP contribution in [0.3, 0.4) is 0 Å². The Labute approximate surface area is 130 Å². The lowest BCUT2D eigenvalue weighted by atomic mass is 10.1. The van der Waals surface area contributed by atoms with Gasteiger partial charge >= 0.3 is 0 Å². The molecule has 0 spiro atoms. The number of benzene rings is 2. The number of anilines is 1. The molecule has 0 saturated carbocycles. The molecule has 2 aromatic carbocycles. The molecular formula is C15H15BrFN3O. The molecule has 0 aromatic heterocycles. The molecule has 6 heteroatoms. The first-order valence-electron chi connectivity index (χ1n) is 6.25. The van der Waals surface area contributed by atoms with Crippen LogP contribution in [-0.2, 0) is 6.54 Å². The van der Waals surface area contributed by atoms with Crippen LogP contribution in [0.4, 0.5) is 10.1 Å². The Balaban J connectivity index is 2.22. The minimum Gasteiger partial charge on any atom is -0.409 e. The van der Waals surface area contributed by atoms with Crippen molar-refractivity contribution in [2.45, 2.75) is 6.54 Å². The van der Waals surface area contributed by atoms with E-state index in [1.807, 2.05) is 30.1 Å². The number of nitrogens with zero attached hydrogens (tertiary/aromatic N) is 2. The van der Waals surface area contributed by atoms with Crippen molar-refractivity contribution >= 4 is 27.5 Å². The van der Waals surface area contributed by atoms with E-state index in [2.05, 4.69) is 21.1 Å². The van der Waals surface area contributed by atoms with Crippen LogP contribution in [0.2, 0.25) is 0 Å². The maximum atomic E-state index is 13.7. The van der Waals surface area contributed by atoms with Gasteiger partial charge in [-0.15, -0.1) is 0 Å². The summed E-state index contributed by atoms with van der Waals surface area (Å²) in [6, 6.07) is 12.1. The average Bonchev–Trinajstić information content (AvgIpc) is 2.48. The Bertz CT molecular complexity index is 676. The fraction of sp³-hybridized carbons (Fsp3) is 0.133. The largest absolute Gasteiger partial charge is 0.409 e. The summed E-state index contributed by atoms with van der Waals surface area (Å²) in [6.45, 7) is 0.446. The number of nitrogens with two attached hydrogens (primary N) is 1. The normalized spacial score (nSPS) is 11.5. The standard InChI is InChI=1S/C15H15BrFN3O/c1-20(9-10-4-2-3-5-14(10)17)11-6-7-12(13(16)8-11)15(18)19-21/h2-8,21H,9H2,1H3,(H2,18,19). The predicted molar refractivity (Wildman–Crippen MR) is 85.2 cm³/mol. The zero-order valence-corrected chi connectivity index (χ0v) is 13.0. The molecular weight excluding hydrogens is 337 g/mol. The van der Waals surface area contributed by atoms with Crippen molar-refractivity contribution < 1.29 is 9.60 Å². The third-order valence-corrected chi connectivity index (χ3v) is 3.80. The quantitative estimate of drug-likeness (QED) is 0.384. The molecule has 4 nitrogen and oxygen atoms in total. The Morgan fingerprint density at radius 1 is 1.33 bits per heavy atom. The van der Waals surface area contributed by atoms with Gasteiger partial charge in [-0.05, 0) is 40.2 Å². The van der Waals surface area contributed by atoms with Crippen molar-refractivity contribution in [2.75, 3.05) is 11.9 Å². The van der Waals surface area contributed by atoms with Gasteiger partial charge in [0.15, 0.2) is 5.84 Å². The lowest BCUT2D eigenvalue weighted by Crippen LogP contribution is -2.18. The van der Waals surface area contributed by atoms with Gasteiger partial charge in [0.2, 0.25) is 0 Å². The Hall–Kier alpha value is -2.08. The lowest BCUT2D eigenvalue weighted by molar-refractivity contribution is 0.318. The molecule has 0 aliphatic rings. The number of hydrogen-bond acceptors (Lipinski definition) is 3. The highest BCUT2D eigenvalue weighted by atomic mass is 79.9.